The van der Waals surface area contributed by atoms with E-state index in [1.807, 2.05) is 28.6 Å². The molecule has 0 aliphatic heterocycles. The van der Waals surface area contributed by atoms with Crippen molar-refractivity contribution in [3.63, 3.8) is 0 Å². The van der Waals surface area contributed by atoms with E-state index in [1.54, 1.807) is 18.9 Å². The van der Waals surface area contributed by atoms with Gasteiger partial charge in [0.2, 0.25) is 0 Å². The van der Waals surface area contributed by atoms with Crippen LogP contribution in [0.4, 0.5) is 5.82 Å². The Hall–Kier alpha value is -3.28. The van der Waals surface area contributed by atoms with Crippen molar-refractivity contribution in [2.24, 2.45) is 7.05 Å². The van der Waals surface area contributed by atoms with Gasteiger partial charge in [0.25, 0.3) is 0 Å². The van der Waals surface area contributed by atoms with Gasteiger partial charge in [-0.3, -0.25) is 0 Å². The average molecular weight is 643 g/mol. The van der Waals surface area contributed by atoms with E-state index < -0.39 is 0 Å². The standard InChI is InChI=1S/C20H25N5OS.No/c1-6-16-21-17-18(24(16)4)22-20(23-19(17)25(7-2)8-3)27-13-14-9-11-15(26-5)12-10-14;/h9-12H,2-3,6-8,13H2,1,4-5H3;/q-2;. The molecule has 6 nitrogen and oxygen atoms in total. The Morgan fingerprint density at radius 1 is 1.11 bits per heavy atom. The van der Waals surface area contributed by atoms with E-state index in [-0.39, 0.29) is 0 Å². The van der Waals surface area contributed by atoms with E-state index in [1.165, 1.54) is 5.56 Å². The molecule has 0 saturated carbocycles. The summed E-state index contributed by atoms with van der Waals surface area (Å²) in [5.74, 6) is 3.43. The number of ether oxygens (including phenoxy) is 1. The normalized spacial score (nSPS) is 10.8. The summed E-state index contributed by atoms with van der Waals surface area (Å²) >= 11 is 1.61. The number of imidazole rings is 1. The van der Waals surface area contributed by atoms with Crippen molar-refractivity contribution in [3.8, 4) is 5.75 Å². The van der Waals surface area contributed by atoms with Crippen LogP contribution >= 0.6 is 11.8 Å². The van der Waals surface area contributed by atoms with E-state index in [0.717, 1.165) is 45.9 Å². The Balaban J connectivity index is 0.00000280. The van der Waals surface area contributed by atoms with Crippen molar-refractivity contribution in [1.82, 2.24) is 19.5 Å². The largest absolute Gasteiger partial charge is 0.497 e. The molecule has 0 aliphatic rings. The topological polar surface area (TPSA) is 56.1 Å². The summed E-state index contributed by atoms with van der Waals surface area (Å²) in [6.07, 6.45) is 0.843. The first kappa shape index (κ1) is 21.0. The maximum atomic E-state index is 5.21. The molecule has 0 fully saturated rings. The second-order valence-corrected chi connectivity index (χ2v) is 7.01. The van der Waals surface area contributed by atoms with Crippen molar-refractivity contribution in [1.29, 1.82) is 0 Å². The molecule has 28 heavy (non-hydrogen) atoms. The summed E-state index contributed by atoms with van der Waals surface area (Å²) in [5.41, 5.74) is 2.85. The second kappa shape index (κ2) is 9.08. The van der Waals surface area contributed by atoms with Gasteiger partial charge >= 0.3 is 0 Å². The molecule has 3 aromatic rings. The Morgan fingerprint density at radius 3 is 2.36 bits per heavy atom. The molecule has 0 N–H and O–H groups in total. The van der Waals surface area contributed by atoms with Crippen LogP contribution in [0.5, 0.6) is 5.75 Å². The number of anilines is 1. The van der Waals surface area contributed by atoms with Gasteiger partial charge in [0.05, 0.1) is 7.11 Å². The summed E-state index contributed by atoms with van der Waals surface area (Å²) in [5, 5.41) is 0.728. The van der Waals surface area contributed by atoms with Gasteiger partial charge in [0, 0.05) is 19.2 Å². The summed E-state index contributed by atoms with van der Waals surface area (Å²) in [6, 6.07) is 8.05. The minimum atomic E-state index is 0. The third kappa shape index (κ3) is 4.01. The fourth-order valence-corrected chi connectivity index (χ4v) is 3.66. The van der Waals surface area contributed by atoms with Crippen LogP contribution in [0.3, 0.4) is 0 Å². The van der Waals surface area contributed by atoms with Crippen LogP contribution < -0.4 is 9.64 Å². The van der Waals surface area contributed by atoms with Crippen LogP contribution in [0.2, 0.25) is 0 Å². The zero-order valence-corrected chi connectivity index (χ0v) is 19.4. The minimum absolute atomic E-state index is 0. The number of hydrogen-bond donors (Lipinski definition) is 0. The van der Waals surface area contributed by atoms with Crippen molar-refractivity contribution < 1.29 is 4.74 Å². The predicted octanol–water partition coefficient (Wildman–Crippen LogP) is 3.70. The number of methoxy groups -OCH3 is 1. The van der Waals surface area contributed by atoms with Crippen LogP contribution in [0.1, 0.15) is 18.3 Å². The molecule has 2 heterocycles. The van der Waals surface area contributed by atoms with E-state index in [4.69, 9.17) is 19.7 Å². The number of fused-ring (bicyclic) bond motifs is 1. The fraction of sp³-hybridized carbons (Fsp3) is 0.350. The number of aryl methyl sites for hydroxylation is 2. The SMILES string of the molecule is [CH2-]CN(C[CH2-])c1nc(SCc2ccc(OC)cc2)nc2c1nc(CC)n2C.[No]. The number of aromatic nitrogens is 4. The van der Waals surface area contributed by atoms with Crippen LogP contribution in [0.25, 0.3) is 11.2 Å². The monoisotopic (exact) mass is 642 g/mol. The molecule has 2 aromatic heterocycles. The van der Waals surface area contributed by atoms with Gasteiger partial charge in [0.1, 0.15) is 11.6 Å². The molecule has 0 radical (unpaired) electrons. The number of thioether (sulfide) groups is 1. The zero-order valence-electron chi connectivity index (χ0n) is 16.4. The van der Waals surface area contributed by atoms with Gasteiger partial charge in [-0.1, -0.05) is 30.8 Å². The number of benzene rings is 1. The Labute approximate surface area is 165 Å². The molecule has 0 amide bonds. The zero-order chi connectivity index (χ0) is 19.4. The Bertz CT molecular complexity index is 909. The van der Waals surface area contributed by atoms with E-state index in [9.17, 15) is 0 Å². The molecule has 1 aromatic carbocycles. The molecule has 8 heteroatoms. The number of nitrogens with zero attached hydrogens (tertiary/aromatic N) is 5. The van der Waals surface area contributed by atoms with Crippen molar-refractivity contribution in [3.05, 3.63) is 49.5 Å². The molecule has 3 rings (SSSR count). The minimum Gasteiger partial charge on any atom is -0.497 e. The van der Waals surface area contributed by atoms with Crippen LogP contribution in [0, 0.1) is 13.8 Å². The Kier molecular flexibility index (Phi) is 6.82. The van der Waals surface area contributed by atoms with Crippen LogP contribution in [-0.4, -0.2) is 39.7 Å². The Morgan fingerprint density at radius 2 is 1.79 bits per heavy atom. The predicted molar refractivity (Wildman–Crippen MR) is 111 cm³/mol. The van der Waals surface area contributed by atoms with Gasteiger partial charge < -0.3 is 28.1 Å². The smallest absolute Gasteiger partial charge is 0.191 e. The maximum absolute atomic E-state index is 5.21. The first-order chi connectivity index (χ1) is 13.1. The third-order valence-corrected chi connectivity index (χ3v) is 5.37. The van der Waals surface area contributed by atoms with Crippen molar-refractivity contribution in [2.75, 3.05) is 25.1 Å². The fourth-order valence-electron chi connectivity index (χ4n) is 2.87. The molecule has 0 bridgehead atoms. The molecule has 0 saturated heterocycles. The van der Waals surface area contributed by atoms with Gasteiger partial charge in [-0.2, -0.15) is 0 Å². The number of rotatable bonds is 8. The van der Waals surface area contributed by atoms with E-state index in [2.05, 4.69) is 32.9 Å². The van der Waals surface area contributed by atoms with Gasteiger partial charge in [-0.05, 0) is 17.7 Å². The van der Waals surface area contributed by atoms with Gasteiger partial charge in [-0.15, -0.1) is 13.1 Å². The van der Waals surface area contributed by atoms with Crippen LogP contribution in [-0.2, 0) is 19.2 Å². The first-order valence-corrected chi connectivity index (χ1v) is 9.92. The van der Waals surface area contributed by atoms with Gasteiger partial charge in [0.15, 0.2) is 22.1 Å². The molecule has 0 atom stereocenters. The van der Waals surface area contributed by atoms with Crippen LogP contribution in [0.15, 0.2) is 29.4 Å². The average Bonchev–Trinajstić information content (AvgIpc) is 3.03. The summed E-state index contributed by atoms with van der Waals surface area (Å²) in [4.78, 5) is 16.3. The molecule has 158 valence electrons. The van der Waals surface area contributed by atoms with Crippen molar-refractivity contribution in [2.45, 2.75) is 24.3 Å². The van der Waals surface area contributed by atoms with Crippen molar-refractivity contribution >= 4 is 28.7 Å². The summed E-state index contributed by atoms with van der Waals surface area (Å²) in [7, 11) is 3.67. The molecule has 0 aliphatic carbocycles. The maximum Gasteiger partial charge on any atom is 0.191 e. The van der Waals surface area contributed by atoms with E-state index in [0.29, 0.717) is 13.1 Å². The van der Waals surface area contributed by atoms with E-state index >= 15 is 0 Å². The summed E-state index contributed by atoms with van der Waals surface area (Å²) in [6.45, 7) is 11.3. The molecule has 0 unspecified atom stereocenters. The molecular formula is C20H25N5NoOS-2. The molecule has 0 spiro atoms. The summed E-state index contributed by atoms with van der Waals surface area (Å²) < 4.78 is 7.26. The third-order valence-electron chi connectivity index (χ3n) is 4.46. The quantitative estimate of drug-likeness (QED) is 0.212. The second-order valence-electron chi connectivity index (χ2n) is 6.07. The first-order valence-electron chi connectivity index (χ1n) is 8.93. The molecular weight excluding hydrogens is 617 g/mol. The van der Waals surface area contributed by atoms with Gasteiger partial charge in [-0.25, -0.2) is 15.0 Å². The number of hydrogen-bond acceptors (Lipinski definition) is 6.